The molecule has 2 N–H and O–H groups in total. The van der Waals surface area contributed by atoms with Crippen LogP contribution in [0.5, 0.6) is 0 Å². The summed E-state index contributed by atoms with van der Waals surface area (Å²) in [5.74, 6) is -1.36. The molecule has 0 saturated heterocycles. The van der Waals surface area contributed by atoms with Gasteiger partial charge in [-0.15, -0.1) is 0 Å². The summed E-state index contributed by atoms with van der Waals surface area (Å²) in [6, 6.07) is 21.7. The van der Waals surface area contributed by atoms with Crippen LogP contribution in [0.25, 0.3) is 5.57 Å². The zero-order valence-electron chi connectivity index (χ0n) is 16.7. The molecule has 1 aliphatic heterocycles. The van der Waals surface area contributed by atoms with Gasteiger partial charge in [0.05, 0.1) is 11.3 Å². The van der Waals surface area contributed by atoms with Gasteiger partial charge in [-0.05, 0) is 60.0 Å². The second kappa shape index (κ2) is 9.06. The zero-order chi connectivity index (χ0) is 21.8. The first-order valence-corrected chi connectivity index (χ1v) is 10.3. The number of carbonyl (C=O) groups excluding carboxylic acids is 1. The van der Waals surface area contributed by atoms with Gasteiger partial charge in [0.25, 0.3) is 5.91 Å². The molecule has 4 rings (SSSR count). The second-order valence-corrected chi connectivity index (χ2v) is 7.73. The Morgan fingerprint density at radius 2 is 1.71 bits per heavy atom. The molecule has 0 aliphatic carbocycles. The van der Waals surface area contributed by atoms with Crippen molar-refractivity contribution in [1.82, 2.24) is 0 Å². The molecule has 0 aromatic heterocycles. The summed E-state index contributed by atoms with van der Waals surface area (Å²) in [6.07, 6.45) is 2.97. The van der Waals surface area contributed by atoms with Crippen molar-refractivity contribution < 1.29 is 14.7 Å². The van der Waals surface area contributed by atoms with Crippen molar-refractivity contribution in [2.45, 2.75) is 6.42 Å². The van der Waals surface area contributed by atoms with Crippen LogP contribution in [0.4, 0.5) is 11.4 Å². The van der Waals surface area contributed by atoms with Crippen LogP contribution in [0, 0.1) is 0 Å². The molecule has 6 heteroatoms. The number of benzene rings is 3. The summed E-state index contributed by atoms with van der Waals surface area (Å²) in [5, 5.41) is 13.1. The number of carboxylic acids is 1. The van der Waals surface area contributed by atoms with Crippen molar-refractivity contribution in [1.29, 1.82) is 0 Å². The van der Waals surface area contributed by atoms with E-state index in [1.807, 2.05) is 23.1 Å². The topological polar surface area (TPSA) is 69.6 Å². The Hall–Kier alpha value is -3.57. The number of carboxylic acid groups (broad SMARTS) is 1. The minimum Gasteiger partial charge on any atom is -0.478 e. The van der Waals surface area contributed by atoms with Crippen LogP contribution in [-0.4, -0.2) is 30.1 Å². The summed E-state index contributed by atoms with van der Waals surface area (Å²) < 4.78 is 0. The van der Waals surface area contributed by atoms with E-state index in [1.165, 1.54) is 17.2 Å². The quantitative estimate of drug-likeness (QED) is 0.551. The van der Waals surface area contributed by atoms with Crippen molar-refractivity contribution >= 4 is 40.4 Å². The maximum Gasteiger partial charge on any atom is 0.337 e. The van der Waals surface area contributed by atoms with Gasteiger partial charge in [-0.2, -0.15) is 0 Å². The fourth-order valence-corrected chi connectivity index (χ4v) is 3.79. The van der Waals surface area contributed by atoms with Crippen LogP contribution >= 0.6 is 11.6 Å². The Labute approximate surface area is 185 Å². The van der Waals surface area contributed by atoms with E-state index in [2.05, 4.69) is 23.5 Å². The number of amides is 1. The monoisotopic (exact) mass is 432 g/mol. The molecular formula is C25H21ClN2O3. The Kier molecular flexibility index (Phi) is 6.05. The third-order valence-electron chi connectivity index (χ3n) is 5.29. The molecule has 0 fully saturated rings. The van der Waals surface area contributed by atoms with E-state index in [4.69, 9.17) is 11.6 Å². The van der Waals surface area contributed by atoms with Gasteiger partial charge in [0, 0.05) is 29.4 Å². The third-order valence-corrected chi connectivity index (χ3v) is 5.54. The van der Waals surface area contributed by atoms with Crippen molar-refractivity contribution in [3.8, 4) is 0 Å². The number of carbonyl (C=O) groups is 2. The fourth-order valence-electron chi connectivity index (χ4n) is 3.67. The van der Waals surface area contributed by atoms with Crippen molar-refractivity contribution in [3.63, 3.8) is 0 Å². The molecule has 0 unspecified atom stereocenters. The molecule has 0 saturated carbocycles. The minimum absolute atomic E-state index is 0.158. The fraction of sp³-hybridized carbons (Fsp3) is 0.120. The van der Waals surface area contributed by atoms with Crippen LogP contribution in [-0.2, 0) is 0 Å². The first kappa shape index (κ1) is 20.7. The predicted octanol–water partition coefficient (Wildman–Crippen LogP) is 5.58. The smallest absolute Gasteiger partial charge is 0.337 e. The molecule has 1 amide bonds. The summed E-state index contributed by atoms with van der Waals surface area (Å²) in [7, 11) is 0. The van der Waals surface area contributed by atoms with Gasteiger partial charge in [0.1, 0.15) is 0 Å². The van der Waals surface area contributed by atoms with Crippen molar-refractivity contribution in [2.75, 3.05) is 23.3 Å². The number of halogens is 1. The second-order valence-electron chi connectivity index (χ2n) is 7.29. The SMILES string of the molecule is O=C(Nc1ccc(N2CC=C(c3ccccc3)CC2)c(C(=O)O)c1)c1ccc(Cl)cc1. The molecule has 0 bridgehead atoms. The molecule has 5 nitrogen and oxygen atoms in total. The Bertz CT molecular complexity index is 1140. The number of rotatable bonds is 5. The molecule has 0 atom stereocenters. The lowest BCUT2D eigenvalue weighted by Gasteiger charge is -2.30. The van der Waals surface area contributed by atoms with Crippen LogP contribution in [0.3, 0.4) is 0 Å². The number of aromatic carboxylic acids is 1. The van der Waals surface area contributed by atoms with Crippen molar-refractivity contribution in [3.05, 3.63) is 101 Å². The molecule has 0 spiro atoms. The number of nitrogens with one attached hydrogen (secondary N) is 1. The van der Waals surface area contributed by atoms with Gasteiger partial charge in [0.2, 0.25) is 0 Å². The predicted molar refractivity (Wildman–Crippen MR) is 124 cm³/mol. The first-order chi connectivity index (χ1) is 15.0. The molecule has 0 radical (unpaired) electrons. The lowest BCUT2D eigenvalue weighted by atomic mass is 9.98. The normalized spacial score (nSPS) is 13.5. The van der Waals surface area contributed by atoms with Gasteiger partial charge < -0.3 is 15.3 Å². The highest BCUT2D eigenvalue weighted by Crippen LogP contribution is 2.30. The number of hydrogen-bond acceptors (Lipinski definition) is 3. The van der Waals surface area contributed by atoms with Gasteiger partial charge in [-0.1, -0.05) is 48.0 Å². The highest BCUT2D eigenvalue weighted by Gasteiger charge is 2.20. The molecular weight excluding hydrogens is 412 g/mol. The highest BCUT2D eigenvalue weighted by molar-refractivity contribution is 6.30. The summed E-state index contributed by atoms with van der Waals surface area (Å²) in [6.45, 7) is 1.35. The molecule has 156 valence electrons. The van der Waals surface area contributed by atoms with E-state index in [9.17, 15) is 14.7 Å². The van der Waals surface area contributed by atoms with Crippen LogP contribution < -0.4 is 10.2 Å². The third kappa shape index (κ3) is 4.78. The van der Waals surface area contributed by atoms with E-state index >= 15 is 0 Å². The maximum atomic E-state index is 12.4. The van der Waals surface area contributed by atoms with E-state index in [0.29, 0.717) is 28.5 Å². The molecule has 1 aliphatic rings. The average molecular weight is 433 g/mol. The van der Waals surface area contributed by atoms with Gasteiger partial charge in [-0.25, -0.2) is 4.79 Å². The zero-order valence-corrected chi connectivity index (χ0v) is 17.5. The summed E-state index contributed by atoms with van der Waals surface area (Å²) >= 11 is 5.86. The Balaban J connectivity index is 1.53. The standard InChI is InChI=1S/C25H21ClN2O3/c26-20-8-6-19(7-9-20)24(29)27-21-10-11-23(22(16-21)25(30)31)28-14-12-18(13-15-28)17-4-2-1-3-5-17/h1-12,16H,13-15H2,(H,27,29)(H,30,31). The molecule has 3 aromatic rings. The molecule has 31 heavy (non-hydrogen) atoms. The van der Waals surface area contributed by atoms with E-state index in [1.54, 1.807) is 36.4 Å². The molecule has 1 heterocycles. The maximum absolute atomic E-state index is 12.4. The van der Waals surface area contributed by atoms with Crippen LogP contribution in [0.1, 0.15) is 32.7 Å². The summed E-state index contributed by atoms with van der Waals surface area (Å²) in [4.78, 5) is 26.4. The van der Waals surface area contributed by atoms with Gasteiger partial charge >= 0.3 is 5.97 Å². The first-order valence-electron chi connectivity index (χ1n) is 9.95. The van der Waals surface area contributed by atoms with Gasteiger partial charge in [0.15, 0.2) is 0 Å². The van der Waals surface area contributed by atoms with Crippen LogP contribution in [0.2, 0.25) is 5.02 Å². The highest BCUT2D eigenvalue weighted by atomic mass is 35.5. The lowest BCUT2D eigenvalue weighted by Crippen LogP contribution is -2.29. The van der Waals surface area contributed by atoms with Gasteiger partial charge in [-0.3, -0.25) is 4.79 Å². The van der Waals surface area contributed by atoms with E-state index in [-0.39, 0.29) is 11.5 Å². The van der Waals surface area contributed by atoms with E-state index < -0.39 is 5.97 Å². The Morgan fingerprint density at radius 1 is 0.968 bits per heavy atom. The minimum atomic E-state index is -1.03. The number of nitrogens with zero attached hydrogens (tertiary/aromatic N) is 1. The van der Waals surface area contributed by atoms with Crippen LogP contribution in [0.15, 0.2) is 78.9 Å². The van der Waals surface area contributed by atoms with Crippen molar-refractivity contribution in [2.24, 2.45) is 0 Å². The molecule has 3 aromatic carbocycles. The largest absolute Gasteiger partial charge is 0.478 e. The average Bonchev–Trinajstić information content (AvgIpc) is 2.80. The van der Waals surface area contributed by atoms with E-state index in [0.717, 1.165) is 13.0 Å². The number of hydrogen-bond donors (Lipinski definition) is 2. The Morgan fingerprint density at radius 3 is 2.35 bits per heavy atom. The summed E-state index contributed by atoms with van der Waals surface area (Å²) in [5.41, 5.74) is 4.13. The lowest BCUT2D eigenvalue weighted by molar-refractivity contribution is 0.0697. The number of anilines is 2.